The van der Waals surface area contributed by atoms with Crippen molar-refractivity contribution >= 4 is 23.7 Å². The van der Waals surface area contributed by atoms with Gasteiger partial charge in [-0.2, -0.15) is 4.98 Å². The van der Waals surface area contributed by atoms with E-state index in [2.05, 4.69) is 10.3 Å². The van der Waals surface area contributed by atoms with Gasteiger partial charge in [0.25, 0.3) is 5.91 Å². The Bertz CT molecular complexity index is 1720. The van der Waals surface area contributed by atoms with E-state index in [4.69, 9.17) is 23.7 Å². The predicted molar refractivity (Wildman–Crippen MR) is 169 cm³/mol. The Morgan fingerprint density at radius 3 is 2.04 bits per heavy atom. The zero-order valence-electron chi connectivity index (χ0n) is 25.9. The number of benzene rings is 3. The molecule has 1 amide bonds. The molecule has 47 heavy (non-hydrogen) atoms. The molecule has 0 bridgehead atoms. The highest BCUT2D eigenvalue weighted by molar-refractivity contribution is 6.03. The Balaban J connectivity index is 1.49. The summed E-state index contributed by atoms with van der Waals surface area (Å²) in [7, 11) is 0. The zero-order chi connectivity index (χ0) is 33.2. The quantitative estimate of drug-likeness (QED) is 0.212. The molecule has 0 spiro atoms. The van der Waals surface area contributed by atoms with Crippen molar-refractivity contribution in [3.8, 4) is 0 Å². The summed E-state index contributed by atoms with van der Waals surface area (Å²) in [4.78, 5) is 54.7. The van der Waals surface area contributed by atoms with Crippen LogP contribution in [0.5, 0.6) is 0 Å². The van der Waals surface area contributed by atoms with Crippen LogP contribution in [0.2, 0.25) is 0 Å². The average molecular weight is 642 g/mol. The van der Waals surface area contributed by atoms with Gasteiger partial charge >= 0.3 is 17.6 Å². The highest BCUT2D eigenvalue weighted by atomic mass is 16.7. The Hall–Kier alpha value is -5.17. The molecule has 0 aliphatic carbocycles. The van der Waals surface area contributed by atoms with Crippen molar-refractivity contribution in [2.75, 3.05) is 18.5 Å². The Morgan fingerprint density at radius 2 is 1.45 bits per heavy atom. The van der Waals surface area contributed by atoms with Gasteiger partial charge in [-0.05, 0) is 29.3 Å². The third kappa shape index (κ3) is 8.55. The summed E-state index contributed by atoms with van der Waals surface area (Å²) in [6.07, 6.45) is -2.17. The molecule has 12 nitrogen and oxygen atoms in total. The number of anilines is 1. The van der Waals surface area contributed by atoms with Gasteiger partial charge in [0.05, 0.1) is 19.8 Å². The van der Waals surface area contributed by atoms with Crippen LogP contribution >= 0.6 is 0 Å². The molecule has 0 radical (unpaired) electrons. The van der Waals surface area contributed by atoms with Gasteiger partial charge in [0, 0.05) is 25.6 Å². The zero-order valence-corrected chi connectivity index (χ0v) is 25.9. The molecule has 1 N–H and O–H groups in total. The summed E-state index contributed by atoms with van der Waals surface area (Å²) in [5.41, 5.74) is -0.234. The highest BCUT2D eigenvalue weighted by Gasteiger charge is 2.60. The minimum Gasteiger partial charge on any atom is -0.463 e. The van der Waals surface area contributed by atoms with Gasteiger partial charge < -0.3 is 29.0 Å². The standard InChI is InChI=1S/C35H35N3O9/c1-24(39)45-23-35(22-43-20-26-12-6-3-7-13-26)31(44-21-27-14-8-4-9-15-27)30(46-25(2)40)33(47-35)38-19-18-29(37-34(38)42)36-32(41)28-16-10-5-11-17-28/h3-19,30-31,33H,20-23H2,1-2H3,(H,36,37,41,42)/t30-,31+,33?,35+/m1/s1. The number of ether oxygens (including phenoxy) is 5. The molecule has 4 aromatic rings. The van der Waals surface area contributed by atoms with Gasteiger partial charge in [-0.3, -0.25) is 19.0 Å². The molecule has 4 atom stereocenters. The maximum absolute atomic E-state index is 13.5. The van der Waals surface area contributed by atoms with Gasteiger partial charge in [-0.25, -0.2) is 4.79 Å². The Labute approximate surface area is 271 Å². The predicted octanol–water partition coefficient (Wildman–Crippen LogP) is 4.06. The number of aromatic nitrogens is 2. The Kier molecular flexibility index (Phi) is 10.9. The van der Waals surface area contributed by atoms with Crippen molar-refractivity contribution in [3.63, 3.8) is 0 Å². The largest absolute Gasteiger partial charge is 0.463 e. The summed E-state index contributed by atoms with van der Waals surface area (Å²) in [6.45, 7) is 2.27. The maximum Gasteiger partial charge on any atom is 0.351 e. The molecular weight excluding hydrogens is 606 g/mol. The second-order valence-electron chi connectivity index (χ2n) is 10.9. The minimum atomic E-state index is -1.53. The molecule has 1 aromatic heterocycles. The number of carbonyl (C=O) groups excluding carboxylic acids is 3. The lowest BCUT2D eigenvalue weighted by Crippen LogP contribution is -2.53. The monoisotopic (exact) mass is 641 g/mol. The van der Waals surface area contributed by atoms with E-state index in [-0.39, 0.29) is 32.2 Å². The second-order valence-corrected chi connectivity index (χ2v) is 10.9. The molecule has 1 unspecified atom stereocenters. The second kappa shape index (κ2) is 15.4. The normalized spacial score (nSPS) is 20.3. The molecule has 0 saturated carbocycles. The molecule has 2 heterocycles. The summed E-state index contributed by atoms with van der Waals surface area (Å²) in [5.74, 6) is -1.67. The van der Waals surface area contributed by atoms with Crippen molar-refractivity contribution in [2.24, 2.45) is 0 Å². The SMILES string of the molecule is CC(=O)OC[C@]1(COCc2ccccc2)OC(n2ccc(NC(=O)c3ccccc3)nc2=O)[C@H](OC(C)=O)[C@@H]1OCc1ccccc1. The molecule has 12 heteroatoms. The van der Waals surface area contributed by atoms with Crippen molar-refractivity contribution in [3.05, 3.63) is 130 Å². The topological polar surface area (TPSA) is 144 Å². The van der Waals surface area contributed by atoms with Crippen LogP contribution in [0.15, 0.2) is 108 Å². The van der Waals surface area contributed by atoms with E-state index in [1.54, 1.807) is 30.3 Å². The lowest BCUT2D eigenvalue weighted by atomic mass is 9.96. The van der Waals surface area contributed by atoms with Crippen LogP contribution in [0.4, 0.5) is 5.82 Å². The average Bonchev–Trinajstić information content (AvgIpc) is 3.36. The first-order chi connectivity index (χ1) is 22.7. The first-order valence-corrected chi connectivity index (χ1v) is 15.0. The molecule has 1 aliphatic rings. The number of hydrogen-bond acceptors (Lipinski definition) is 10. The van der Waals surface area contributed by atoms with Crippen LogP contribution in [0.25, 0.3) is 0 Å². The fourth-order valence-electron chi connectivity index (χ4n) is 5.22. The third-order valence-electron chi connectivity index (χ3n) is 7.39. The van der Waals surface area contributed by atoms with E-state index in [0.29, 0.717) is 5.56 Å². The van der Waals surface area contributed by atoms with Crippen molar-refractivity contribution < 1.29 is 38.1 Å². The summed E-state index contributed by atoms with van der Waals surface area (Å²) < 4.78 is 31.4. The maximum atomic E-state index is 13.5. The van der Waals surface area contributed by atoms with Crippen LogP contribution in [0, 0.1) is 0 Å². The van der Waals surface area contributed by atoms with Crippen LogP contribution in [-0.4, -0.2) is 58.4 Å². The molecule has 244 valence electrons. The number of nitrogens with one attached hydrogen (secondary N) is 1. The lowest BCUT2D eigenvalue weighted by molar-refractivity contribution is -0.189. The molecule has 1 aliphatic heterocycles. The highest BCUT2D eigenvalue weighted by Crippen LogP contribution is 2.42. The van der Waals surface area contributed by atoms with Gasteiger partial charge in [0.15, 0.2) is 17.9 Å². The van der Waals surface area contributed by atoms with E-state index in [0.717, 1.165) is 15.7 Å². The van der Waals surface area contributed by atoms with Gasteiger partial charge in [-0.1, -0.05) is 78.9 Å². The lowest BCUT2D eigenvalue weighted by Gasteiger charge is -2.34. The molecular formula is C35H35N3O9. The first-order valence-electron chi connectivity index (χ1n) is 15.0. The fourth-order valence-corrected chi connectivity index (χ4v) is 5.22. The van der Waals surface area contributed by atoms with Gasteiger partial charge in [-0.15, -0.1) is 0 Å². The van der Waals surface area contributed by atoms with Crippen LogP contribution in [0.3, 0.4) is 0 Å². The van der Waals surface area contributed by atoms with Gasteiger partial charge in [0.1, 0.15) is 18.5 Å². The van der Waals surface area contributed by atoms with E-state index in [1.807, 2.05) is 60.7 Å². The summed E-state index contributed by atoms with van der Waals surface area (Å²) in [6, 6.07) is 28.6. The number of esters is 2. The van der Waals surface area contributed by atoms with Crippen LogP contribution in [0.1, 0.15) is 41.6 Å². The van der Waals surface area contributed by atoms with Crippen molar-refractivity contribution in [1.82, 2.24) is 9.55 Å². The number of amides is 1. The van der Waals surface area contributed by atoms with E-state index < -0.39 is 47.6 Å². The van der Waals surface area contributed by atoms with E-state index >= 15 is 0 Å². The summed E-state index contributed by atoms with van der Waals surface area (Å²) >= 11 is 0. The van der Waals surface area contributed by atoms with Crippen LogP contribution < -0.4 is 11.0 Å². The molecule has 3 aromatic carbocycles. The number of carbonyl (C=O) groups is 3. The third-order valence-corrected chi connectivity index (χ3v) is 7.39. The van der Waals surface area contributed by atoms with Crippen LogP contribution in [-0.2, 0) is 46.5 Å². The number of hydrogen-bond donors (Lipinski definition) is 1. The summed E-state index contributed by atoms with van der Waals surface area (Å²) in [5, 5.41) is 2.61. The van der Waals surface area contributed by atoms with Crippen molar-refractivity contribution in [2.45, 2.75) is 51.1 Å². The fraction of sp³-hybridized carbons (Fsp3) is 0.286. The number of rotatable bonds is 13. The van der Waals surface area contributed by atoms with E-state index in [9.17, 15) is 19.2 Å². The Morgan fingerprint density at radius 1 is 0.830 bits per heavy atom. The minimum absolute atomic E-state index is 0.0105. The molecule has 5 rings (SSSR count). The van der Waals surface area contributed by atoms with Crippen molar-refractivity contribution in [1.29, 1.82) is 0 Å². The smallest absolute Gasteiger partial charge is 0.351 e. The number of nitrogens with zero attached hydrogens (tertiary/aromatic N) is 2. The van der Waals surface area contributed by atoms with Gasteiger partial charge in [0.2, 0.25) is 0 Å². The first kappa shape index (κ1) is 33.2. The molecule has 1 fully saturated rings. The molecule has 1 saturated heterocycles. The van der Waals surface area contributed by atoms with E-state index in [1.165, 1.54) is 26.1 Å².